The maximum Gasteiger partial charge on any atom is 0.307 e. The van der Waals surface area contributed by atoms with E-state index in [9.17, 15) is 13.2 Å². The molecular formula is C18H19N3O6S. The van der Waals surface area contributed by atoms with Gasteiger partial charge in [0.2, 0.25) is 10.0 Å². The van der Waals surface area contributed by atoms with Crippen molar-refractivity contribution >= 4 is 16.0 Å². The third-order valence-electron chi connectivity index (χ3n) is 3.86. The van der Waals surface area contributed by atoms with Crippen LogP contribution in [-0.4, -0.2) is 31.2 Å². The molecular weight excluding hydrogens is 386 g/mol. The van der Waals surface area contributed by atoms with Crippen LogP contribution in [0.25, 0.3) is 11.3 Å². The zero-order valence-corrected chi connectivity index (χ0v) is 16.2. The summed E-state index contributed by atoms with van der Waals surface area (Å²) in [5, 5.41) is 7.47. The van der Waals surface area contributed by atoms with Crippen molar-refractivity contribution in [2.75, 3.05) is 6.54 Å². The quantitative estimate of drug-likeness (QED) is 0.566. The zero-order chi connectivity index (χ0) is 20.1. The van der Waals surface area contributed by atoms with Crippen LogP contribution in [0.4, 0.5) is 0 Å². The van der Waals surface area contributed by atoms with Gasteiger partial charge < -0.3 is 13.8 Å². The first kappa shape index (κ1) is 19.8. The molecule has 0 fully saturated rings. The molecule has 1 aromatic carbocycles. The highest BCUT2D eigenvalue weighted by Gasteiger charge is 2.24. The fraction of sp³-hybridized carbons (Fsp3) is 0.278. The number of benzene rings is 1. The summed E-state index contributed by atoms with van der Waals surface area (Å²) in [5.41, 5.74) is 1.58. The number of hydrogen-bond acceptors (Lipinski definition) is 8. The summed E-state index contributed by atoms with van der Waals surface area (Å²) < 4.78 is 42.0. The van der Waals surface area contributed by atoms with Crippen molar-refractivity contribution in [2.24, 2.45) is 0 Å². The van der Waals surface area contributed by atoms with Crippen molar-refractivity contribution in [3.63, 3.8) is 0 Å². The van der Waals surface area contributed by atoms with Gasteiger partial charge in [0.1, 0.15) is 22.9 Å². The first-order valence-corrected chi connectivity index (χ1v) is 9.94. The third kappa shape index (κ3) is 4.65. The second-order valence-corrected chi connectivity index (χ2v) is 7.71. The molecule has 148 valence electrons. The molecule has 0 bridgehead atoms. The smallest absolute Gasteiger partial charge is 0.307 e. The Bertz CT molecular complexity index is 1040. The Morgan fingerprint density at radius 1 is 1.14 bits per heavy atom. The highest BCUT2D eigenvalue weighted by atomic mass is 32.2. The number of sulfonamides is 1. The molecule has 9 nitrogen and oxygen atoms in total. The summed E-state index contributed by atoms with van der Waals surface area (Å²) in [6.07, 6.45) is -0.133. The van der Waals surface area contributed by atoms with Gasteiger partial charge in [-0.05, 0) is 13.8 Å². The van der Waals surface area contributed by atoms with Gasteiger partial charge in [0.15, 0.2) is 11.5 Å². The van der Waals surface area contributed by atoms with Crippen LogP contribution in [0.15, 0.2) is 50.3 Å². The van der Waals surface area contributed by atoms with Crippen LogP contribution in [0.5, 0.6) is 0 Å². The summed E-state index contributed by atoms with van der Waals surface area (Å²) >= 11 is 0. The molecule has 0 aliphatic heterocycles. The largest absolute Gasteiger partial charge is 0.459 e. The van der Waals surface area contributed by atoms with Crippen molar-refractivity contribution in [1.82, 2.24) is 15.0 Å². The molecule has 0 saturated heterocycles. The molecule has 0 saturated carbocycles. The number of carbonyl (C=O) groups is 1. The van der Waals surface area contributed by atoms with E-state index in [1.54, 1.807) is 6.07 Å². The van der Waals surface area contributed by atoms with Gasteiger partial charge in [-0.15, -0.1) is 0 Å². The Kier molecular flexibility index (Phi) is 5.90. The molecule has 0 radical (unpaired) electrons. The number of rotatable bonds is 8. The monoisotopic (exact) mass is 405 g/mol. The van der Waals surface area contributed by atoms with Gasteiger partial charge in [-0.3, -0.25) is 4.79 Å². The third-order valence-corrected chi connectivity index (χ3v) is 5.56. The molecule has 0 atom stereocenters. The lowest BCUT2D eigenvalue weighted by molar-refractivity contribution is -0.144. The summed E-state index contributed by atoms with van der Waals surface area (Å²) in [4.78, 5) is 11.8. The van der Waals surface area contributed by atoms with Crippen LogP contribution in [0.2, 0.25) is 0 Å². The lowest BCUT2D eigenvalue weighted by atomic mass is 10.2. The van der Waals surface area contributed by atoms with Crippen LogP contribution in [-0.2, 0) is 26.2 Å². The molecule has 2 aromatic heterocycles. The van der Waals surface area contributed by atoms with Crippen molar-refractivity contribution in [3.05, 3.63) is 53.5 Å². The molecule has 0 aliphatic rings. The van der Waals surface area contributed by atoms with Gasteiger partial charge in [0, 0.05) is 18.2 Å². The lowest BCUT2D eigenvalue weighted by Crippen LogP contribution is -2.27. The van der Waals surface area contributed by atoms with Gasteiger partial charge in [-0.1, -0.05) is 40.6 Å². The van der Waals surface area contributed by atoms with E-state index >= 15 is 0 Å². The fourth-order valence-electron chi connectivity index (χ4n) is 2.56. The Labute approximate surface area is 161 Å². The minimum absolute atomic E-state index is 0.0168. The van der Waals surface area contributed by atoms with Gasteiger partial charge in [0.25, 0.3) is 0 Å². The van der Waals surface area contributed by atoms with E-state index in [1.165, 1.54) is 13.8 Å². The summed E-state index contributed by atoms with van der Waals surface area (Å²) in [5.74, 6) is 0.192. The van der Waals surface area contributed by atoms with Crippen molar-refractivity contribution in [1.29, 1.82) is 0 Å². The molecule has 0 aliphatic carbocycles. The van der Waals surface area contributed by atoms with Crippen LogP contribution < -0.4 is 4.72 Å². The van der Waals surface area contributed by atoms with E-state index in [0.717, 1.165) is 5.56 Å². The van der Waals surface area contributed by atoms with E-state index in [-0.39, 0.29) is 35.9 Å². The average Bonchev–Trinajstić information content (AvgIpc) is 3.27. The highest BCUT2D eigenvalue weighted by molar-refractivity contribution is 7.89. The van der Waals surface area contributed by atoms with Gasteiger partial charge in [0.05, 0.1) is 6.42 Å². The van der Waals surface area contributed by atoms with Gasteiger partial charge >= 0.3 is 5.97 Å². The van der Waals surface area contributed by atoms with E-state index in [0.29, 0.717) is 11.5 Å². The number of aromatic nitrogens is 2. The number of ether oxygens (including phenoxy) is 1. The predicted molar refractivity (Wildman–Crippen MR) is 97.5 cm³/mol. The van der Waals surface area contributed by atoms with Crippen LogP contribution in [0.3, 0.4) is 0 Å². The fourth-order valence-corrected chi connectivity index (χ4v) is 3.92. The number of nitrogens with zero attached hydrogens (tertiary/aromatic N) is 2. The molecule has 0 amide bonds. The number of hydrogen-bond donors (Lipinski definition) is 1. The lowest BCUT2D eigenvalue weighted by Gasteiger charge is -2.06. The minimum Gasteiger partial charge on any atom is -0.459 e. The second-order valence-electron chi connectivity index (χ2n) is 6.01. The Hall–Kier alpha value is -2.98. The Balaban J connectivity index is 1.47. The predicted octanol–water partition coefficient (Wildman–Crippen LogP) is 2.36. The molecule has 0 spiro atoms. The van der Waals surface area contributed by atoms with Crippen LogP contribution in [0.1, 0.15) is 23.6 Å². The Morgan fingerprint density at radius 3 is 2.57 bits per heavy atom. The number of aryl methyl sites for hydroxylation is 2. The molecule has 2 heterocycles. The number of carbonyl (C=O) groups excluding carboxylic acids is 1. The van der Waals surface area contributed by atoms with Gasteiger partial charge in [-0.25, -0.2) is 13.1 Å². The zero-order valence-electron chi connectivity index (χ0n) is 15.3. The summed E-state index contributed by atoms with van der Waals surface area (Å²) in [7, 11) is -3.81. The SMILES string of the molecule is Cc1noc(C)c1S(=O)(=O)NCCC(=O)OCc1cc(-c2ccccc2)on1. The van der Waals surface area contributed by atoms with Crippen LogP contribution >= 0.6 is 0 Å². The number of esters is 1. The second kappa shape index (κ2) is 8.36. The standard InChI is InChI=1S/C18H19N3O6S/c1-12-18(13(2)26-20-12)28(23,24)19-9-8-17(22)25-11-15-10-16(27-21-15)14-6-4-3-5-7-14/h3-7,10,19H,8-9,11H2,1-2H3. The van der Waals surface area contributed by atoms with Gasteiger partial charge in [-0.2, -0.15) is 0 Å². The minimum atomic E-state index is -3.81. The topological polar surface area (TPSA) is 125 Å². The average molecular weight is 405 g/mol. The van der Waals surface area contributed by atoms with E-state index in [2.05, 4.69) is 15.0 Å². The van der Waals surface area contributed by atoms with Crippen molar-refractivity contribution in [2.45, 2.75) is 31.8 Å². The first-order chi connectivity index (χ1) is 13.4. The maximum absolute atomic E-state index is 12.2. The highest BCUT2D eigenvalue weighted by Crippen LogP contribution is 2.20. The number of nitrogens with one attached hydrogen (secondary N) is 1. The summed E-state index contributed by atoms with van der Waals surface area (Å²) in [6.45, 7) is 2.86. The van der Waals surface area contributed by atoms with E-state index in [4.69, 9.17) is 13.8 Å². The van der Waals surface area contributed by atoms with Crippen molar-refractivity contribution < 1.29 is 27.0 Å². The molecule has 10 heteroatoms. The maximum atomic E-state index is 12.2. The summed E-state index contributed by atoms with van der Waals surface area (Å²) in [6, 6.07) is 11.1. The molecule has 0 unspecified atom stereocenters. The van der Waals surface area contributed by atoms with E-state index in [1.807, 2.05) is 30.3 Å². The molecule has 3 aromatic rings. The molecule has 28 heavy (non-hydrogen) atoms. The van der Waals surface area contributed by atoms with E-state index < -0.39 is 16.0 Å². The van der Waals surface area contributed by atoms with Crippen molar-refractivity contribution in [3.8, 4) is 11.3 Å². The normalized spacial score (nSPS) is 11.5. The first-order valence-electron chi connectivity index (χ1n) is 8.46. The molecule has 3 rings (SSSR count). The molecule has 1 N–H and O–H groups in total. The van der Waals surface area contributed by atoms with Crippen LogP contribution in [0, 0.1) is 13.8 Å². The Morgan fingerprint density at radius 2 is 1.89 bits per heavy atom.